The van der Waals surface area contributed by atoms with Crippen LogP contribution in [0.1, 0.15) is 32.8 Å². The summed E-state index contributed by atoms with van der Waals surface area (Å²) in [4.78, 5) is 23.3. The Labute approximate surface area is 126 Å². The van der Waals surface area contributed by atoms with E-state index in [0.717, 1.165) is 12.0 Å². The molecule has 0 radical (unpaired) electrons. The van der Waals surface area contributed by atoms with Gasteiger partial charge in [-0.25, -0.2) is 4.79 Å². The fourth-order valence-corrected chi connectivity index (χ4v) is 1.49. The summed E-state index contributed by atoms with van der Waals surface area (Å²) in [5.74, 6) is -0.239. The van der Waals surface area contributed by atoms with Crippen LogP contribution in [-0.2, 0) is 16.1 Å². The highest BCUT2D eigenvalue weighted by atomic mass is 16.5. The molecular formula is C16H24N2O3. The summed E-state index contributed by atoms with van der Waals surface area (Å²) in [6, 6.07) is 9.37. The molecule has 1 rings (SSSR count). The molecule has 1 aromatic rings. The van der Waals surface area contributed by atoms with Gasteiger partial charge < -0.3 is 15.4 Å². The summed E-state index contributed by atoms with van der Waals surface area (Å²) in [6.07, 6.45) is 0.719. The molecule has 5 nitrogen and oxygen atoms in total. The number of carbonyl (C=O) groups is 2. The maximum atomic E-state index is 11.7. The largest absolute Gasteiger partial charge is 0.463 e. The molecule has 116 valence electrons. The molecule has 0 fully saturated rings. The number of ether oxygens (including phenoxy) is 1. The third kappa shape index (κ3) is 6.29. The van der Waals surface area contributed by atoms with Gasteiger partial charge in [0.1, 0.15) is 6.61 Å². The molecule has 2 N–H and O–H groups in total. The number of esters is 1. The van der Waals surface area contributed by atoms with Gasteiger partial charge in [0.25, 0.3) is 0 Å². The molecule has 5 heteroatoms. The van der Waals surface area contributed by atoms with E-state index < -0.39 is 5.41 Å². The van der Waals surface area contributed by atoms with E-state index in [2.05, 4.69) is 10.6 Å². The van der Waals surface area contributed by atoms with Gasteiger partial charge in [0.15, 0.2) is 0 Å². The molecule has 0 aliphatic carbocycles. The van der Waals surface area contributed by atoms with E-state index in [-0.39, 0.29) is 18.6 Å². The van der Waals surface area contributed by atoms with Crippen LogP contribution in [0.25, 0.3) is 0 Å². The molecule has 0 aliphatic heterocycles. The summed E-state index contributed by atoms with van der Waals surface area (Å²) in [5.41, 5.74) is 0.555. The first-order valence-electron chi connectivity index (χ1n) is 7.18. The molecule has 0 bridgehead atoms. The Morgan fingerprint density at radius 3 is 2.43 bits per heavy atom. The van der Waals surface area contributed by atoms with E-state index in [0.29, 0.717) is 13.1 Å². The molecule has 0 unspecified atom stereocenters. The van der Waals surface area contributed by atoms with Gasteiger partial charge in [-0.1, -0.05) is 37.3 Å². The highest BCUT2D eigenvalue weighted by Gasteiger charge is 2.26. The molecule has 0 saturated carbocycles. The minimum atomic E-state index is -0.477. The lowest BCUT2D eigenvalue weighted by Crippen LogP contribution is -2.37. The fourth-order valence-electron chi connectivity index (χ4n) is 1.49. The number of carbonyl (C=O) groups excluding carboxylic acids is 2. The van der Waals surface area contributed by atoms with Gasteiger partial charge >= 0.3 is 12.0 Å². The van der Waals surface area contributed by atoms with E-state index >= 15 is 0 Å². The van der Waals surface area contributed by atoms with Crippen LogP contribution in [0.2, 0.25) is 0 Å². The van der Waals surface area contributed by atoms with Crippen molar-refractivity contribution in [3.63, 3.8) is 0 Å². The van der Waals surface area contributed by atoms with E-state index in [1.54, 1.807) is 0 Å². The Bertz CT molecular complexity index is 458. The van der Waals surface area contributed by atoms with Gasteiger partial charge in [0.05, 0.1) is 12.0 Å². The zero-order valence-electron chi connectivity index (χ0n) is 12.9. The molecule has 0 spiro atoms. The molecule has 0 heterocycles. The number of hydrogen-bond donors (Lipinski definition) is 2. The molecular weight excluding hydrogens is 268 g/mol. The zero-order chi connectivity index (χ0) is 15.7. The minimum Gasteiger partial charge on any atom is -0.463 e. The van der Waals surface area contributed by atoms with Crippen molar-refractivity contribution in [1.29, 1.82) is 0 Å². The highest BCUT2D eigenvalue weighted by molar-refractivity contribution is 5.76. The lowest BCUT2D eigenvalue weighted by atomic mass is 9.91. The first-order valence-corrected chi connectivity index (χ1v) is 7.18. The van der Waals surface area contributed by atoms with E-state index in [1.165, 1.54) is 0 Å². The van der Waals surface area contributed by atoms with Crippen LogP contribution >= 0.6 is 0 Å². The van der Waals surface area contributed by atoms with Crippen LogP contribution in [0.3, 0.4) is 0 Å². The van der Waals surface area contributed by atoms with Gasteiger partial charge in [-0.3, -0.25) is 4.79 Å². The van der Waals surface area contributed by atoms with Crippen LogP contribution in [0.4, 0.5) is 4.79 Å². The average molecular weight is 292 g/mol. The van der Waals surface area contributed by atoms with Crippen LogP contribution < -0.4 is 10.6 Å². The van der Waals surface area contributed by atoms with Crippen LogP contribution in [-0.4, -0.2) is 25.2 Å². The second-order valence-electron chi connectivity index (χ2n) is 5.47. The monoisotopic (exact) mass is 292 g/mol. The van der Waals surface area contributed by atoms with Crippen molar-refractivity contribution >= 4 is 12.0 Å². The molecule has 0 saturated heterocycles. The van der Waals surface area contributed by atoms with Gasteiger partial charge in [0.2, 0.25) is 0 Å². The van der Waals surface area contributed by atoms with E-state index in [1.807, 2.05) is 51.1 Å². The van der Waals surface area contributed by atoms with Crippen molar-refractivity contribution < 1.29 is 14.3 Å². The number of rotatable bonds is 7. The number of hydrogen-bond acceptors (Lipinski definition) is 3. The van der Waals surface area contributed by atoms with Crippen molar-refractivity contribution in [2.45, 2.75) is 33.7 Å². The first kappa shape index (κ1) is 17.0. The molecule has 21 heavy (non-hydrogen) atoms. The third-order valence-corrected chi connectivity index (χ3v) is 3.35. The Kier molecular flexibility index (Phi) is 6.72. The molecule has 0 atom stereocenters. The number of benzene rings is 1. The normalized spacial score (nSPS) is 10.8. The Morgan fingerprint density at radius 1 is 1.14 bits per heavy atom. The number of nitrogens with one attached hydrogen (secondary N) is 2. The number of amides is 2. The minimum absolute atomic E-state index is 0.182. The maximum Gasteiger partial charge on any atom is 0.315 e. The second kappa shape index (κ2) is 8.29. The van der Waals surface area contributed by atoms with Crippen molar-refractivity contribution in [1.82, 2.24) is 10.6 Å². The average Bonchev–Trinajstić information content (AvgIpc) is 2.50. The quantitative estimate of drug-likeness (QED) is 0.599. The highest BCUT2D eigenvalue weighted by Crippen LogP contribution is 2.21. The van der Waals surface area contributed by atoms with Crippen LogP contribution in [0.15, 0.2) is 30.3 Å². The van der Waals surface area contributed by atoms with Gasteiger partial charge in [0, 0.05) is 6.54 Å². The van der Waals surface area contributed by atoms with Gasteiger partial charge in [-0.05, 0) is 25.8 Å². The van der Waals surface area contributed by atoms with Crippen molar-refractivity contribution in [3.05, 3.63) is 35.9 Å². The number of urea groups is 1. The first-order chi connectivity index (χ1) is 9.95. The summed E-state index contributed by atoms with van der Waals surface area (Å²) in [6.45, 7) is 6.57. The topological polar surface area (TPSA) is 67.4 Å². The van der Waals surface area contributed by atoms with Crippen molar-refractivity contribution in [2.75, 3.05) is 13.2 Å². The Morgan fingerprint density at radius 2 is 1.81 bits per heavy atom. The molecule has 1 aromatic carbocycles. The smallest absolute Gasteiger partial charge is 0.315 e. The lowest BCUT2D eigenvalue weighted by Gasteiger charge is -2.20. The SMILES string of the molecule is CCC(C)(C)C(=O)OCCNC(=O)NCc1ccccc1. The van der Waals surface area contributed by atoms with Crippen molar-refractivity contribution in [3.8, 4) is 0 Å². The zero-order valence-corrected chi connectivity index (χ0v) is 12.9. The third-order valence-electron chi connectivity index (χ3n) is 3.35. The Hall–Kier alpha value is -2.04. The maximum absolute atomic E-state index is 11.7. The molecule has 0 aromatic heterocycles. The van der Waals surface area contributed by atoms with Crippen molar-refractivity contribution in [2.24, 2.45) is 5.41 Å². The van der Waals surface area contributed by atoms with Gasteiger partial charge in [-0.2, -0.15) is 0 Å². The molecule has 0 aliphatic rings. The standard InChI is InChI=1S/C16H24N2O3/c1-4-16(2,3)14(19)21-11-10-17-15(20)18-12-13-8-6-5-7-9-13/h5-9H,4,10-12H2,1-3H3,(H2,17,18,20). The summed E-state index contributed by atoms with van der Waals surface area (Å²) in [5, 5.41) is 5.39. The van der Waals surface area contributed by atoms with E-state index in [9.17, 15) is 9.59 Å². The fraction of sp³-hybridized carbons (Fsp3) is 0.500. The summed E-state index contributed by atoms with van der Waals surface area (Å²) in [7, 11) is 0. The van der Waals surface area contributed by atoms with E-state index in [4.69, 9.17) is 4.74 Å². The lowest BCUT2D eigenvalue weighted by molar-refractivity contribution is -0.153. The Balaban J connectivity index is 2.15. The predicted molar refractivity (Wildman–Crippen MR) is 81.7 cm³/mol. The molecule has 2 amide bonds. The summed E-state index contributed by atoms with van der Waals surface area (Å²) >= 11 is 0. The van der Waals surface area contributed by atoms with Crippen LogP contribution in [0, 0.1) is 5.41 Å². The van der Waals surface area contributed by atoms with Crippen LogP contribution in [0.5, 0.6) is 0 Å². The predicted octanol–water partition coefficient (Wildman–Crippen LogP) is 2.47. The summed E-state index contributed by atoms with van der Waals surface area (Å²) < 4.78 is 5.13. The second-order valence-corrected chi connectivity index (χ2v) is 5.47. The van der Waals surface area contributed by atoms with Gasteiger partial charge in [-0.15, -0.1) is 0 Å².